The summed E-state index contributed by atoms with van der Waals surface area (Å²) in [6, 6.07) is -1.08. The number of nitrogen functional groups attached to an aromatic ring is 1. The van der Waals surface area contributed by atoms with Gasteiger partial charge in [-0.1, -0.05) is 11.4 Å². The first-order chi connectivity index (χ1) is 20.1. The number of aliphatic hydroxyl groups is 2. The average molecular weight is 646 g/mol. The number of hydrogen-bond donors (Lipinski definition) is 4. The van der Waals surface area contributed by atoms with Gasteiger partial charge in [0.15, 0.2) is 17.4 Å². The van der Waals surface area contributed by atoms with E-state index in [0.717, 1.165) is 16.3 Å². The third-order valence-corrected chi connectivity index (χ3v) is 11.2. The number of fused-ring (bicyclic) bond motifs is 1. The monoisotopic (exact) mass is 645 g/mol. The Balaban J connectivity index is 1.53. The minimum absolute atomic E-state index is 0.0520. The Hall–Kier alpha value is -2.86. The van der Waals surface area contributed by atoms with Crippen LogP contribution in [-0.4, -0.2) is 109 Å². The molecule has 2 fully saturated rings. The first-order valence-corrected chi connectivity index (χ1v) is 16.6. The number of nitrogens with two attached hydrogens (primary N) is 1. The summed E-state index contributed by atoms with van der Waals surface area (Å²) in [5.41, 5.74) is 4.30. The van der Waals surface area contributed by atoms with E-state index in [1.165, 1.54) is 38.9 Å². The smallest absolute Gasteiger partial charge is 0.327 e. The number of imidazole rings is 1. The van der Waals surface area contributed by atoms with E-state index in [1.54, 1.807) is 13.8 Å². The summed E-state index contributed by atoms with van der Waals surface area (Å²) in [4.78, 5) is 50.2. The molecule has 2 saturated heterocycles. The van der Waals surface area contributed by atoms with Gasteiger partial charge in [0.1, 0.15) is 23.9 Å². The average Bonchev–Trinajstić information content (AvgIpc) is 3.53. The standard InChI is InChI=1S/C24H36N7O10PS/c1-11(2)40-21(35)12(3)29-42(37,43-9-13-7-15(32)30(5)20(13)34)39-8-14-17(33)24(4,36)22(41-14)31-10-26-16-18(31)27-23(25)28-19(16)38-6/h10-14,17,22,33,36H,7-9H2,1-6H3,(H,29,37)(H2,25,27,28)/t12-,13?,14-,17-,22-,24-,42-/m1/s1. The van der Waals surface area contributed by atoms with Gasteiger partial charge in [-0.05, 0) is 27.7 Å². The third-order valence-electron chi connectivity index (χ3n) is 6.99. The molecule has 0 radical (unpaired) electrons. The minimum atomic E-state index is -4.01. The van der Waals surface area contributed by atoms with E-state index in [4.69, 9.17) is 24.5 Å². The molecule has 2 aliphatic rings. The molecule has 2 aromatic heterocycles. The number of hydrogen-bond acceptors (Lipinski definition) is 15. The number of methoxy groups -OCH3 is 1. The first-order valence-electron chi connectivity index (χ1n) is 13.4. The van der Waals surface area contributed by atoms with Crippen molar-refractivity contribution >= 4 is 53.0 Å². The molecule has 2 aromatic rings. The number of esters is 1. The van der Waals surface area contributed by atoms with Crippen LogP contribution in [0.1, 0.15) is 40.3 Å². The lowest BCUT2D eigenvalue weighted by atomic mass is 9.96. The molecule has 4 heterocycles. The summed E-state index contributed by atoms with van der Waals surface area (Å²) in [6.45, 7) is 1.59. The topological polar surface area (TPSA) is 231 Å². The second kappa shape index (κ2) is 12.6. The van der Waals surface area contributed by atoms with Crippen LogP contribution in [0.3, 0.4) is 0 Å². The Bertz CT molecular complexity index is 1440. The fraction of sp³-hybridized carbons (Fsp3) is 0.667. The Morgan fingerprint density at radius 3 is 2.65 bits per heavy atom. The van der Waals surface area contributed by atoms with E-state index in [1.807, 2.05) is 0 Å². The SMILES string of the molecule is COc1nc(N)nc2c1ncn2[C@@H]1O[C@H](CO[P@](=O)(N[C@H](C)C(=O)OC(C)C)SCC2CC(=O)N(C)C2=O)[C@@H](O)[C@@]1(C)O. The number of nitrogens with zero attached hydrogens (tertiary/aromatic N) is 5. The summed E-state index contributed by atoms with van der Waals surface area (Å²) in [5.74, 6) is -2.27. The second-order valence-corrected chi connectivity index (χ2v) is 15.0. The van der Waals surface area contributed by atoms with Crippen molar-refractivity contribution in [3.63, 3.8) is 0 Å². The van der Waals surface area contributed by atoms with Crippen molar-refractivity contribution in [1.29, 1.82) is 0 Å². The van der Waals surface area contributed by atoms with Crippen molar-refractivity contribution in [2.24, 2.45) is 5.92 Å². The number of anilines is 1. The number of ether oxygens (including phenoxy) is 3. The van der Waals surface area contributed by atoms with Gasteiger partial charge in [0, 0.05) is 19.2 Å². The maximum atomic E-state index is 14.0. The summed E-state index contributed by atoms with van der Waals surface area (Å²) >= 11 is 0.739. The molecule has 17 nitrogen and oxygen atoms in total. The largest absolute Gasteiger partial charge is 0.479 e. The Morgan fingerprint density at radius 1 is 1.35 bits per heavy atom. The number of imide groups is 1. The zero-order valence-corrected chi connectivity index (χ0v) is 26.2. The van der Waals surface area contributed by atoms with E-state index < -0.39 is 67.3 Å². The quantitative estimate of drug-likeness (QED) is 0.137. The van der Waals surface area contributed by atoms with Crippen molar-refractivity contribution in [2.45, 2.75) is 70.3 Å². The van der Waals surface area contributed by atoms with Crippen molar-refractivity contribution < 1.29 is 47.9 Å². The summed E-state index contributed by atoms with van der Waals surface area (Å²) in [6.07, 6.45) is -3.16. The van der Waals surface area contributed by atoms with Gasteiger partial charge in [-0.25, -0.2) is 10.1 Å². The lowest BCUT2D eigenvalue weighted by molar-refractivity contribution is -0.149. The van der Waals surface area contributed by atoms with Gasteiger partial charge in [0.25, 0.3) is 0 Å². The highest BCUT2D eigenvalue weighted by Gasteiger charge is 2.54. The highest BCUT2D eigenvalue weighted by Crippen LogP contribution is 2.58. The Labute approximate surface area is 251 Å². The minimum Gasteiger partial charge on any atom is -0.479 e. The van der Waals surface area contributed by atoms with Crippen molar-refractivity contribution in [2.75, 3.05) is 32.3 Å². The van der Waals surface area contributed by atoms with Gasteiger partial charge in [0.05, 0.1) is 32.1 Å². The molecule has 5 N–H and O–H groups in total. The lowest BCUT2D eigenvalue weighted by Crippen LogP contribution is -2.44. The number of amides is 2. The molecule has 19 heteroatoms. The van der Waals surface area contributed by atoms with Gasteiger partial charge < -0.3 is 34.7 Å². The number of carbonyl (C=O) groups is 3. The molecular formula is C24H36N7O10PS. The molecule has 0 bridgehead atoms. The van der Waals surface area contributed by atoms with Gasteiger partial charge in [-0.3, -0.25) is 28.4 Å². The third kappa shape index (κ3) is 6.79. The maximum Gasteiger partial charge on any atom is 0.327 e. The first kappa shape index (κ1) is 33.0. The molecule has 2 aliphatic heterocycles. The molecule has 1 unspecified atom stereocenters. The summed E-state index contributed by atoms with van der Waals surface area (Å²) < 4.78 is 37.5. The van der Waals surface area contributed by atoms with E-state index in [0.29, 0.717) is 0 Å². The fourth-order valence-corrected chi connectivity index (χ4v) is 8.67. The van der Waals surface area contributed by atoms with Gasteiger partial charge >= 0.3 is 12.7 Å². The predicted octanol–water partition coefficient (Wildman–Crippen LogP) is 0.219. The number of rotatable bonds is 12. The van der Waals surface area contributed by atoms with E-state index in [2.05, 4.69) is 20.0 Å². The fourth-order valence-electron chi connectivity index (χ4n) is 4.66. The molecule has 0 saturated carbocycles. The van der Waals surface area contributed by atoms with Crippen molar-refractivity contribution in [3.8, 4) is 5.88 Å². The molecule has 2 amide bonds. The molecule has 43 heavy (non-hydrogen) atoms. The van der Waals surface area contributed by atoms with Crippen molar-refractivity contribution in [3.05, 3.63) is 6.33 Å². The lowest BCUT2D eigenvalue weighted by Gasteiger charge is -2.27. The van der Waals surface area contributed by atoms with Crippen LogP contribution < -0.4 is 15.6 Å². The Kier molecular flexibility index (Phi) is 9.71. The van der Waals surface area contributed by atoms with Crippen LogP contribution in [0.25, 0.3) is 11.2 Å². The van der Waals surface area contributed by atoms with Crippen LogP contribution in [0.4, 0.5) is 5.95 Å². The number of nitrogens with one attached hydrogen (secondary N) is 1. The normalized spacial score (nSPS) is 28.1. The summed E-state index contributed by atoms with van der Waals surface area (Å²) in [7, 11) is 2.75. The molecule has 0 aromatic carbocycles. The van der Waals surface area contributed by atoms with Gasteiger partial charge in [-0.15, -0.1) is 0 Å². The van der Waals surface area contributed by atoms with E-state index in [9.17, 15) is 29.2 Å². The highest BCUT2D eigenvalue weighted by atomic mass is 32.7. The molecule has 0 aliphatic carbocycles. The van der Waals surface area contributed by atoms with Crippen LogP contribution in [0.15, 0.2) is 6.33 Å². The van der Waals surface area contributed by atoms with Crippen LogP contribution in [0.5, 0.6) is 5.88 Å². The molecule has 0 spiro atoms. The molecule has 7 atom stereocenters. The predicted molar refractivity (Wildman–Crippen MR) is 153 cm³/mol. The Morgan fingerprint density at radius 2 is 2.05 bits per heavy atom. The molecule has 238 valence electrons. The van der Waals surface area contributed by atoms with E-state index in [-0.39, 0.29) is 41.1 Å². The summed E-state index contributed by atoms with van der Waals surface area (Å²) in [5, 5.41) is 24.9. The zero-order valence-electron chi connectivity index (χ0n) is 24.5. The van der Waals surface area contributed by atoms with Gasteiger partial charge in [-0.2, -0.15) is 9.97 Å². The maximum absolute atomic E-state index is 14.0. The van der Waals surface area contributed by atoms with Crippen LogP contribution in [0, 0.1) is 5.92 Å². The zero-order chi connectivity index (χ0) is 31.9. The number of carbonyl (C=O) groups excluding carboxylic acids is 3. The molecular weight excluding hydrogens is 609 g/mol. The van der Waals surface area contributed by atoms with Crippen molar-refractivity contribution in [1.82, 2.24) is 29.5 Å². The second-order valence-electron chi connectivity index (χ2n) is 10.7. The van der Waals surface area contributed by atoms with Crippen LogP contribution in [0.2, 0.25) is 0 Å². The number of likely N-dealkylation sites (tertiary alicyclic amines) is 1. The number of aromatic nitrogens is 4. The molecule has 4 rings (SSSR count). The highest BCUT2D eigenvalue weighted by molar-refractivity contribution is 8.56. The van der Waals surface area contributed by atoms with E-state index >= 15 is 0 Å². The number of aliphatic hydroxyl groups excluding tert-OH is 1. The van der Waals surface area contributed by atoms with Crippen LogP contribution in [-0.2, 0) is 32.9 Å². The van der Waals surface area contributed by atoms with Gasteiger partial charge in [0.2, 0.25) is 23.6 Å². The van der Waals surface area contributed by atoms with Crippen LogP contribution >= 0.6 is 18.1 Å².